The number of nitrogens with zero attached hydrogens (tertiary/aromatic N) is 2. The van der Waals surface area contributed by atoms with E-state index in [2.05, 4.69) is 36.8 Å². The molecule has 2 aromatic heterocycles. The van der Waals surface area contributed by atoms with Crippen LogP contribution in [0.5, 0.6) is 0 Å². The molecule has 0 N–H and O–H groups in total. The lowest BCUT2D eigenvalue weighted by molar-refractivity contribution is 0.0943. The molecule has 0 radical (unpaired) electrons. The van der Waals surface area contributed by atoms with Crippen LogP contribution in [-0.2, 0) is 6.54 Å². The minimum absolute atomic E-state index is 0.124. The second-order valence-corrected chi connectivity index (χ2v) is 8.88. The fourth-order valence-electron chi connectivity index (χ4n) is 1.64. The highest BCUT2D eigenvalue weighted by molar-refractivity contribution is 9.12. The summed E-state index contributed by atoms with van der Waals surface area (Å²) in [5.41, 5.74) is 3.63. The van der Waals surface area contributed by atoms with Gasteiger partial charge in [-0.15, -0.1) is 22.7 Å². The molecule has 2 rings (SSSR count). The summed E-state index contributed by atoms with van der Waals surface area (Å²) in [5, 5.41) is 0. The summed E-state index contributed by atoms with van der Waals surface area (Å²) >= 11 is 9.96. The zero-order chi connectivity index (χ0) is 14.0. The molecule has 0 fully saturated rings. The van der Waals surface area contributed by atoms with Crippen molar-refractivity contribution in [1.82, 2.24) is 9.88 Å². The number of hydrogen-bond acceptors (Lipinski definition) is 5. The van der Waals surface area contributed by atoms with Crippen molar-refractivity contribution in [3.8, 4) is 0 Å². The van der Waals surface area contributed by atoms with Crippen LogP contribution in [0.4, 0.5) is 0 Å². The molecule has 0 atom stereocenters. The molecule has 0 spiro atoms. The van der Waals surface area contributed by atoms with Gasteiger partial charge < -0.3 is 0 Å². The SMILES string of the molecule is Cc1ncsc1CN(C)CC(=O)c1cc(Br)sc1Br. The zero-order valence-electron chi connectivity index (χ0n) is 10.4. The van der Waals surface area contributed by atoms with Gasteiger partial charge in [-0.3, -0.25) is 9.69 Å². The number of ketones is 1. The Morgan fingerprint density at radius 1 is 1.47 bits per heavy atom. The van der Waals surface area contributed by atoms with Gasteiger partial charge in [0.15, 0.2) is 5.78 Å². The lowest BCUT2D eigenvalue weighted by Crippen LogP contribution is -2.25. The third kappa shape index (κ3) is 3.95. The van der Waals surface area contributed by atoms with E-state index < -0.39 is 0 Å². The van der Waals surface area contributed by atoms with E-state index in [1.54, 1.807) is 11.3 Å². The van der Waals surface area contributed by atoms with Gasteiger partial charge in [0.1, 0.15) is 0 Å². The van der Waals surface area contributed by atoms with Crippen molar-refractivity contribution < 1.29 is 4.79 Å². The van der Waals surface area contributed by atoms with E-state index in [9.17, 15) is 4.79 Å². The standard InChI is InChI=1S/C12H12Br2N2OS2/c1-7-10(18-6-15-7)5-16(2)4-9(17)8-3-11(13)19-12(8)14/h3,6H,4-5H2,1-2H3. The van der Waals surface area contributed by atoms with Crippen molar-refractivity contribution in [2.24, 2.45) is 0 Å². The Morgan fingerprint density at radius 3 is 2.74 bits per heavy atom. The van der Waals surface area contributed by atoms with Crippen LogP contribution >= 0.6 is 54.5 Å². The largest absolute Gasteiger partial charge is 0.294 e. The number of hydrogen-bond donors (Lipinski definition) is 0. The smallest absolute Gasteiger partial charge is 0.178 e. The maximum atomic E-state index is 12.2. The first-order valence-electron chi connectivity index (χ1n) is 5.53. The fourth-order valence-corrected chi connectivity index (χ4v) is 5.35. The van der Waals surface area contributed by atoms with E-state index in [0.717, 1.165) is 25.4 Å². The van der Waals surface area contributed by atoms with Gasteiger partial charge in [-0.05, 0) is 51.9 Å². The van der Waals surface area contributed by atoms with Crippen LogP contribution in [0.1, 0.15) is 20.9 Å². The molecule has 0 aromatic carbocycles. The van der Waals surface area contributed by atoms with E-state index >= 15 is 0 Å². The number of carbonyl (C=O) groups excluding carboxylic acids is 1. The summed E-state index contributed by atoms with van der Waals surface area (Å²) in [6.07, 6.45) is 0. The molecule has 0 bridgehead atoms. The van der Waals surface area contributed by atoms with Crippen LogP contribution in [-0.4, -0.2) is 29.3 Å². The number of thiophene rings is 1. The Labute approximate surface area is 136 Å². The average Bonchev–Trinajstić information content (AvgIpc) is 2.85. The lowest BCUT2D eigenvalue weighted by Gasteiger charge is -2.14. The van der Waals surface area contributed by atoms with Crippen molar-refractivity contribution in [1.29, 1.82) is 0 Å². The van der Waals surface area contributed by atoms with Gasteiger partial charge >= 0.3 is 0 Å². The Bertz CT molecular complexity index is 594. The molecule has 3 nitrogen and oxygen atoms in total. The second-order valence-electron chi connectivity index (χ2n) is 4.19. The first-order valence-corrected chi connectivity index (χ1v) is 8.81. The minimum Gasteiger partial charge on any atom is -0.294 e. The number of Topliss-reactive ketones (excluding diaryl/α,β-unsaturated/α-hetero) is 1. The van der Waals surface area contributed by atoms with Crippen molar-refractivity contribution in [3.63, 3.8) is 0 Å². The third-order valence-electron chi connectivity index (χ3n) is 2.63. The molecular weight excluding hydrogens is 412 g/mol. The molecule has 2 heterocycles. The van der Waals surface area contributed by atoms with Gasteiger partial charge in [0, 0.05) is 17.0 Å². The van der Waals surface area contributed by atoms with E-state index in [1.165, 1.54) is 16.2 Å². The van der Waals surface area contributed by atoms with Crippen molar-refractivity contribution in [2.75, 3.05) is 13.6 Å². The summed E-state index contributed by atoms with van der Waals surface area (Å²) < 4.78 is 1.84. The number of rotatable bonds is 5. The summed E-state index contributed by atoms with van der Waals surface area (Å²) in [5.74, 6) is 0.124. The number of thiazole rings is 1. The Hall–Kier alpha value is -0.0800. The van der Waals surface area contributed by atoms with Gasteiger partial charge in [-0.2, -0.15) is 0 Å². The summed E-state index contributed by atoms with van der Waals surface area (Å²) in [6.45, 7) is 3.15. The fraction of sp³-hybridized carbons (Fsp3) is 0.333. The van der Waals surface area contributed by atoms with Crippen LogP contribution < -0.4 is 0 Å². The van der Waals surface area contributed by atoms with Crippen LogP contribution in [0.25, 0.3) is 0 Å². The van der Waals surface area contributed by atoms with Crippen molar-refractivity contribution >= 4 is 60.3 Å². The van der Waals surface area contributed by atoms with Gasteiger partial charge in [0.2, 0.25) is 0 Å². The molecule has 7 heteroatoms. The van der Waals surface area contributed by atoms with Gasteiger partial charge in [-0.1, -0.05) is 0 Å². The van der Waals surface area contributed by atoms with Gasteiger partial charge in [0.05, 0.1) is 25.3 Å². The van der Waals surface area contributed by atoms with Crippen molar-refractivity contribution in [3.05, 3.63) is 35.3 Å². The normalized spacial score (nSPS) is 11.2. The highest BCUT2D eigenvalue weighted by Gasteiger charge is 2.16. The third-order valence-corrected chi connectivity index (χ3v) is 5.89. The topological polar surface area (TPSA) is 33.2 Å². The molecular formula is C12H12Br2N2OS2. The molecule has 2 aromatic rings. The highest BCUT2D eigenvalue weighted by atomic mass is 79.9. The first kappa shape index (κ1) is 15.3. The molecule has 0 aliphatic carbocycles. The van der Waals surface area contributed by atoms with Crippen LogP contribution in [0.15, 0.2) is 19.1 Å². The minimum atomic E-state index is 0.124. The van der Waals surface area contributed by atoms with Gasteiger partial charge in [0.25, 0.3) is 0 Å². The quantitative estimate of drug-likeness (QED) is 0.670. The maximum absolute atomic E-state index is 12.2. The lowest BCUT2D eigenvalue weighted by atomic mass is 10.2. The molecule has 0 unspecified atom stereocenters. The predicted molar refractivity (Wildman–Crippen MR) is 87.2 cm³/mol. The molecule has 0 amide bonds. The zero-order valence-corrected chi connectivity index (χ0v) is 15.2. The summed E-state index contributed by atoms with van der Waals surface area (Å²) in [6, 6.07) is 1.86. The molecule has 0 aliphatic rings. The number of aromatic nitrogens is 1. The highest BCUT2D eigenvalue weighted by Crippen LogP contribution is 2.32. The number of carbonyl (C=O) groups is 1. The number of halogens is 2. The molecule has 0 saturated carbocycles. The molecule has 102 valence electrons. The summed E-state index contributed by atoms with van der Waals surface area (Å²) in [7, 11) is 1.95. The van der Waals surface area contributed by atoms with E-state index in [-0.39, 0.29) is 5.78 Å². The molecule has 19 heavy (non-hydrogen) atoms. The van der Waals surface area contributed by atoms with E-state index in [1.807, 2.05) is 30.4 Å². The van der Waals surface area contributed by atoms with Crippen LogP contribution in [0.2, 0.25) is 0 Å². The monoisotopic (exact) mass is 422 g/mol. The van der Waals surface area contributed by atoms with Crippen LogP contribution in [0, 0.1) is 6.92 Å². The molecule has 0 aliphatic heterocycles. The van der Waals surface area contributed by atoms with Gasteiger partial charge in [-0.25, -0.2) is 4.98 Å². The Balaban J connectivity index is 1.99. The Kier molecular flexibility index (Phi) is 5.30. The van der Waals surface area contributed by atoms with Crippen molar-refractivity contribution in [2.45, 2.75) is 13.5 Å². The molecule has 0 saturated heterocycles. The number of likely N-dealkylation sites (N-methyl/N-ethyl adjacent to an activating group) is 1. The maximum Gasteiger partial charge on any atom is 0.178 e. The van der Waals surface area contributed by atoms with Crippen LogP contribution in [0.3, 0.4) is 0 Å². The van der Waals surface area contributed by atoms with E-state index in [0.29, 0.717) is 6.54 Å². The number of aryl methyl sites for hydroxylation is 1. The average molecular weight is 424 g/mol. The predicted octanol–water partition coefficient (Wildman–Crippen LogP) is 4.35. The summed E-state index contributed by atoms with van der Waals surface area (Å²) in [4.78, 5) is 19.6. The Morgan fingerprint density at radius 2 is 2.21 bits per heavy atom. The second kappa shape index (κ2) is 6.58. The first-order chi connectivity index (χ1) is 8.97. The van der Waals surface area contributed by atoms with E-state index in [4.69, 9.17) is 0 Å².